The second-order valence-corrected chi connectivity index (χ2v) is 5.43. The number of methoxy groups -OCH3 is 1. The Kier molecular flexibility index (Phi) is 3.86. The molecule has 0 radical (unpaired) electrons. The van der Waals surface area contributed by atoms with E-state index in [1.165, 1.54) is 7.11 Å². The van der Waals surface area contributed by atoms with E-state index in [2.05, 4.69) is 6.08 Å². The van der Waals surface area contributed by atoms with Gasteiger partial charge in [0.25, 0.3) is 0 Å². The first-order chi connectivity index (χ1) is 10.6. The number of esters is 1. The van der Waals surface area contributed by atoms with Gasteiger partial charge in [0.1, 0.15) is 11.9 Å². The van der Waals surface area contributed by atoms with Crippen molar-refractivity contribution in [2.75, 3.05) is 7.11 Å². The second-order valence-electron chi connectivity index (χ2n) is 5.43. The maximum atomic E-state index is 11.6. The van der Waals surface area contributed by atoms with E-state index in [1.54, 1.807) is 18.2 Å². The standard InChI is InChI=1S/C18H18O4/c1-11-16(12-5-7-15(19)8-6-12)9-13-3-4-14(18(20)21-2)10-17(13)22-11/h3-7,9-11,15,19H,8H2,1-2H3. The van der Waals surface area contributed by atoms with Gasteiger partial charge < -0.3 is 14.6 Å². The van der Waals surface area contributed by atoms with E-state index < -0.39 is 6.10 Å². The number of carbonyl (C=O) groups excluding carboxylic acids is 1. The Bertz CT molecular complexity index is 697. The third-order valence-corrected chi connectivity index (χ3v) is 3.90. The fourth-order valence-electron chi connectivity index (χ4n) is 2.68. The van der Waals surface area contributed by atoms with E-state index in [1.807, 2.05) is 25.1 Å². The smallest absolute Gasteiger partial charge is 0.337 e. The molecule has 2 atom stereocenters. The average molecular weight is 298 g/mol. The molecule has 1 aliphatic heterocycles. The largest absolute Gasteiger partial charge is 0.485 e. The highest BCUT2D eigenvalue weighted by molar-refractivity contribution is 5.90. The molecule has 0 saturated heterocycles. The van der Waals surface area contributed by atoms with Crippen LogP contribution in [-0.4, -0.2) is 30.4 Å². The maximum Gasteiger partial charge on any atom is 0.337 e. The molecule has 22 heavy (non-hydrogen) atoms. The molecule has 1 aliphatic carbocycles. The minimum atomic E-state index is -0.404. The molecule has 1 aromatic rings. The summed E-state index contributed by atoms with van der Waals surface area (Å²) in [6, 6.07) is 5.29. The van der Waals surface area contributed by atoms with E-state index in [-0.39, 0.29) is 12.1 Å². The van der Waals surface area contributed by atoms with Gasteiger partial charge in [0.2, 0.25) is 0 Å². The normalized spacial score (nSPS) is 23.0. The van der Waals surface area contributed by atoms with Crippen LogP contribution < -0.4 is 4.74 Å². The Labute approximate surface area is 129 Å². The van der Waals surface area contributed by atoms with Gasteiger partial charge in [-0.2, -0.15) is 0 Å². The van der Waals surface area contributed by atoms with Crippen LogP contribution in [-0.2, 0) is 4.74 Å². The zero-order chi connectivity index (χ0) is 15.7. The van der Waals surface area contributed by atoms with Crippen molar-refractivity contribution < 1.29 is 19.4 Å². The summed E-state index contributed by atoms with van der Waals surface area (Å²) in [6.07, 6.45) is 7.89. The fourth-order valence-corrected chi connectivity index (χ4v) is 2.68. The van der Waals surface area contributed by atoms with Gasteiger partial charge in [-0.3, -0.25) is 0 Å². The van der Waals surface area contributed by atoms with Gasteiger partial charge in [0.15, 0.2) is 0 Å². The summed E-state index contributed by atoms with van der Waals surface area (Å²) in [5, 5.41) is 9.53. The molecule has 0 amide bonds. The van der Waals surface area contributed by atoms with E-state index in [9.17, 15) is 9.90 Å². The monoisotopic (exact) mass is 298 g/mol. The molecule has 1 N–H and O–H groups in total. The van der Waals surface area contributed by atoms with Crippen LogP contribution in [0.25, 0.3) is 6.08 Å². The van der Waals surface area contributed by atoms with Gasteiger partial charge in [-0.15, -0.1) is 0 Å². The minimum absolute atomic E-state index is 0.119. The van der Waals surface area contributed by atoms with Crippen molar-refractivity contribution in [2.24, 2.45) is 0 Å². The first-order valence-electron chi connectivity index (χ1n) is 7.26. The first kappa shape index (κ1) is 14.6. The van der Waals surface area contributed by atoms with Crippen LogP contribution in [0.1, 0.15) is 29.3 Å². The Morgan fingerprint density at radius 3 is 2.91 bits per heavy atom. The highest BCUT2D eigenvalue weighted by Gasteiger charge is 2.23. The number of benzene rings is 1. The number of hydrogen-bond acceptors (Lipinski definition) is 4. The summed E-state index contributed by atoms with van der Waals surface area (Å²) >= 11 is 0. The summed E-state index contributed by atoms with van der Waals surface area (Å²) in [6.45, 7) is 1.97. The molecule has 0 saturated carbocycles. The predicted octanol–water partition coefficient (Wildman–Crippen LogP) is 2.88. The van der Waals surface area contributed by atoms with Gasteiger partial charge >= 0.3 is 5.97 Å². The lowest BCUT2D eigenvalue weighted by atomic mass is 9.91. The molecule has 2 unspecified atom stereocenters. The molecule has 1 aromatic carbocycles. The number of aliphatic hydroxyl groups excluding tert-OH is 1. The highest BCUT2D eigenvalue weighted by atomic mass is 16.5. The Hall–Kier alpha value is -2.33. The van der Waals surface area contributed by atoms with Crippen LogP contribution in [0, 0.1) is 0 Å². The number of allylic oxidation sites excluding steroid dienone is 1. The summed E-state index contributed by atoms with van der Waals surface area (Å²) in [5.41, 5.74) is 3.55. The van der Waals surface area contributed by atoms with Crippen molar-refractivity contribution in [3.63, 3.8) is 0 Å². The Morgan fingerprint density at radius 1 is 1.41 bits per heavy atom. The average Bonchev–Trinajstić information content (AvgIpc) is 2.54. The predicted molar refractivity (Wildman–Crippen MR) is 83.7 cm³/mol. The quantitative estimate of drug-likeness (QED) is 0.853. The van der Waals surface area contributed by atoms with E-state index in [0.717, 1.165) is 16.7 Å². The zero-order valence-corrected chi connectivity index (χ0v) is 12.6. The molecule has 0 bridgehead atoms. The zero-order valence-electron chi connectivity index (χ0n) is 12.6. The fraction of sp³-hybridized carbons (Fsp3) is 0.278. The molecule has 2 aliphatic rings. The maximum absolute atomic E-state index is 11.6. The van der Waals surface area contributed by atoms with Gasteiger partial charge in [-0.1, -0.05) is 24.3 Å². The SMILES string of the molecule is COC(=O)c1ccc2c(c1)OC(C)C(C1=CCC(O)C=C1)=C2. The van der Waals surface area contributed by atoms with Crippen LogP contribution in [0.15, 0.2) is 47.6 Å². The Morgan fingerprint density at radius 2 is 2.23 bits per heavy atom. The van der Waals surface area contributed by atoms with Crippen LogP contribution >= 0.6 is 0 Å². The molecule has 1 heterocycles. The molecule has 0 fully saturated rings. The molecule has 4 nitrogen and oxygen atoms in total. The lowest BCUT2D eigenvalue weighted by Gasteiger charge is -2.26. The summed E-state index contributed by atoms with van der Waals surface area (Å²) < 4.78 is 10.7. The van der Waals surface area contributed by atoms with Crippen molar-refractivity contribution in [1.82, 2.24) is 0 Å². The topological polar surface area (TPSA) is 55.8 Å². The minimum Gasteiger partial charge on any atom is -0.485 e. The number of ether oxygens (including phenoxy) is 2. The van der Waals surface area contributed by atoms with Gasteiger partial charge in [-0.25, -0.2) is 4.79 Å². The van der Waals surface area contributed by atoms with Crippen LogP contribution in [0.4, 0.5) is 0 Å². The Balaban J connectivity index is 1.95. The molecule has 4 heteroatoms. The van der Waals surface area contributed by atoms with Crippen LogP contribution in [0.2, 0.25) is 0 Å². The molecular formula is C18H18O4. The van der Waals surface area contributed by atoms with Crippen molar-refractivity contribution >= 4 is 12.0 Å². The van der Waals surface area contributed by atoms with Gasteiger partial charge in [0, 0.05) is 5.56 Å². The van der Waals surface area contributed by atoms with E-state index >= 15 is 0 Å². The molecule has 0 spiro atoms. The molecular weight excluding hydrogens is 280 g/mol. The van der Waals surface area contributed by atoms with Crippen molar-refractivity contribution in [3.8, 4) is 5.75 Å². The number of aliphatic hydroxyl groups is 1. The summed E-state index contributed by atoms with van der Waals surface area (Å²) in [4.78, 5) is 11.6. The molecule has 0 aromatic heterocycles. The van der Waals surface area contributed by atoms with Crippen molar-refractivity contribution in [3.05, 3.63) is 58.7 Å². The second kappa shape index (κ2) is 5.81. The third-order valence-electron chi connectivity index (χ3n) is 3.90. The number of rotatable bonds is 2. The number of fused-ring (bicyclic) bond motifs is 1. The lowest BCUT2D eigenvalue weighted by Crippen LogP contribution is -2.21. The lowest BCUT2D eigenvalue weighted by molar-refractivity contribution is 0.0600. The number of hydrogen-bond donors (Lipinski definition) is 1. The highest BCUT2D eigenvalue weighted by Crippen LogP contribution is 2.34. The molecule has 3 rings (SSSR count). The van der Waals surface area contributed by atoms with Gasteiger partial charge in [0.05, 0.1) is 18.8 Å². The van der Waals surface area contributed by atoms with Crippen LogP contribution in [0.5, 0.6) is 5.75 Å². The van der Waals surface area contributed by atoms with E-state index in [0.29, 0.717) is 17.7 Å². The third kappa shape index (κ3) is 2.70. The van der Waals surface area contributed by atoms with Crippen LogP contribution in [0.3, 0.4) is 0 Å². The van der Waals surface area contributed by atoms with Gasteiger partial charge in [-0.05, 0) is 42.7 Å². The van der Waals surface area contributed by atoms with E-state index in [4.69, 9.17) is 9.47 Å². The van der Waals surface area contributed by atoms with Crippen molar-refractivity contribution in [2.45, 2.75) is 25.6 Å². The first-order valence-corrected chi connectivity index (χ1v) is 7.26. The summed E-state index contributed by atoms with van der Waals surface area (Å²) in [5.74, 6) is 0.306. The number of carbonyl (C=O) groups is 1. The summed E-state index contributed by atoms with van der Waals surface area (Å²) in [7, 11) is 1.36. The van der Waals surface area contributed by atoms with Crippen molar-refractivity contribution in [1.29, 1.82) is 0 Å². The molecule has 114 valence electrons.